The first-order valence-corrected chi connectivity index (χ1v) is 8.53. The number of halogens is 1. The van der Waals surface area contributed by atoms with Gasteiger partial charge in [-0.1, -0.05) is 17.8 Å². The number of ether oxygens (including phenoxy) is 1. The number of rotatable bonds is 4. The molecule has 0 bridgehead atoms. The molecule has 0 saturated heterocycles. The number of hydrogen-bond acceptors (Lipinski definition) is 5. The van der Waals surface area contributed by atoms with Crippen molar-refractivity contribution >= 4 is 27.7 Å². The lowest BCUT2D eigenvalue weighted by molar-refractivity contribution is 0.241. The fourth-order valence-electron chi connectivity index (χ4n) is 1.86. The van der Waals surface area contributed by atoms with E-state index in [1.807, 2.05) is 32.2 Å². The lowest BCUT2D eigenvalue weighted by Crippen LogP contribution is -2.14. The molecule has 0 radical (unpaired) electrons. The van der Waals surface area contributed by atoms with Crippen molar-refractivity contribution in [3.8, 4) is 23.1 Å². The molecule has 0 spiro atoms. The molecule has 1 N–H and O–H groups in total. The van der Waals surface area contributed by atoms with Gasteiger partial charge >= 0.3 is 0 Å². The van der Waals surface area contributed by atoms with Crippen LogP contribution in [-0.2, 0) is 0 Å². The number of nitrogens with one attached hydrogen (secondary N) is 1. The fraction of sp³-hybridized carbons (Fsp3) is 0.267. The van der Waals surface area contributed by atoms with Crippen molar-refractivity contribution in [1.82, 2.24) is 9.97 Å². The highest BCUT2D eigenvalue weighted by Gasteiger charge is 2.15. The van der Waals surface area contributed by atoms with E-state index in [0.717, 1.165) is 4.47 Å². The number of aromatic nitrogens is 2. The van der Waals surface area contributed by atoms with Crippen LogP contribution in [0.4, 0.5) is 0 Å². The van der Waals surface area contributed by atoms with Gasteiger partial charge in [-0.05, 0) is 48.2 Å². The summed E-state index contributed by atoms with van der Waals surface area (Å²) in [6.07, 6.45) is 1.82. The highest BCUT2D eigenvalue weighted by Crippen LogP contribution is 2.32. The van der Waals surface area contributed by atoms with E-state index in [1.165, 1.54) is 11.8 Å². The maximum atomic E-state index is 12.0. The van der Waals surface area contributed by atoms with E-state index >= 15 is 0 Å². The van der Waals surface area contributed by atoms with Gasteiger partial charge in [-0.3, -0.25) is 4.79 Å². The van der Waals surface area contributed by atoms with Crippen molar-refractivity contribution in [3.63, 3.8) is 0 Å². The van der Waals surface area contributed by atoms with Crippen LogP contribution in [0.2, 0.25) is 0 Å². The van der Waals surface area contributed by atoms with Gasteiger partial charge in [-0.2, -0.15) is 5.26 Å². The first-order chi connectivity index (χ1) is 10.5. The van der Waals surface area contributed by atoms with Gasteiger partial charge in [0.1, 0.15) is 17.4 Å². The van der Waals surface area contributed by atoms with Crippen LogP contribution in [0.1, 0.15) is 19.4 Å². The second-order valence-electron chi connectivity index (χ2n) is 4.72. The summed E-state index contributed by atoms with van der Waals surface area (Å²) in [7, 11) is 0. The van der Waals surface area contributed by atoms with Gasteiger partial charge in [0.05, 0.1) is 16.3 Å². The first-order valence-electron chi connectivity index (χ1n) is 6.51. The van der Waals surface area contributed by atoms with Gasteiger partial charge in [-0.15, -0.1) is 0 Å². The third-order valence-corrected chi connectivity index (χ3v) is 4.01. The minimum Gasteiger partial charge on any atom is -0.490 e. The van der Waals surface area contributed by atoms with Crippen molar-refractivity contribution in [3.05, 3.63) is 38.6 Å². The van der Waals surface area contributed by atoms with Crippen molar-refractivity contribution < 1.29 is 4.74 Å². The van der Waals surface area contributed by atoms with Gasteiger partial charge < -0.3 is 9.72 Å². The highest BCUT2D eigenvalue weighted by atomic mass is 79.9. The van der Waals surface area contributed by atoms with E-state index < -0.39 is 5.56 Å². The zero-order chi connectivity index (χ0) is 16.3. The van der Waals surface area contributed by atoms with Crippen LogP contribution < -0.4 is 10.3 Å². The molecule has 0 aliphatic carbocycles. The van der Waals surface area contributed by atoms with E-state index in [-0.39, 0.29) is 11.7 Å². The molecule has 0 atom stereocenters. The monoisotopic (exact) mass is 379 g/mol. The Morgan fingerprint density at radius 3 is 2.77 bits per heavy atom. The Bertz CT molecular complexity index is 796. The number of thioether (sulfide) groups is 1. The molecule has 0 aliphatic rings. The average molecular weight is 380 g/mol. The summed E-state index contributed by atoms with van der Waals surface area (Å²) in [5.74, 6) is 0.643. The maximum absolute atomic E-state index is 12.0. The predicted octanol–water partition coefficient (Wildman–Crippen LogP) is 3.58. The Hall–Kier alpha value is -1.78. The molecule has 0 unspecified atom stereocenters. The SMILES string of the molecule is CSc1nc(-c2ccc(Br)c(OC(C)C)c2)c(C#N)c(=O)[nH]1. The Kier molecular flexibility index (Phi) is 5.27. The van der Waals surface area contributed by atoms with Crippen molar-refractivity contribution in [2.45, 2.75) is 25.1 Å². The molecule has 1 aromatic heterocycles. The number of aromatic amines is 1. The normalized spacial score (nSPS) is 10.5. The summed E-state index contributed by atoms with van der Waals surface area (Å²) in [5.41, 5.74) is 0.579. The second kappa shape index (κ2) is 6.99. The van der Waals surface area contributed by atoms with E-state index in [2.05, 4.69) is 25.9 Å². The predicted molar refractivity (Wildman–Crippen MR) is 90.3 cm³/mol. The lowest BCUT2D eigenvalue weighted by atomic mass is 10.1. The van der Waals surface area contributed by atoms with Gasteiger partial charge in [0.25, 0.3) is 5.56 Å². The van der Waals surface area contributed by atoms with Gasteiger partial charge in [0.2, 0.25) is 0 Å². The Balaban J connectivity index is 2.64. The molecule has 7 heteroatoms. The molecule has 1 aromatic carbocycles. The Morgan fingerprint density at radius 2 is 2.18 bits per heavy atom. The number of benzene rings is 1. The molecule has 2 aromatic rings. The molecule has 1 heterocycles. The van der Waals surface area contributed by atoms with Gasteiger partial charge in [0, 0.05) is 5.56 Å². The van der Waals surface area contributed by atoms with Crippen molar-refractivity contribution in [2.24, 2.45) is 0 Å². The van der Waals surface area contributed by atoms with E-state index in [4.69, 9.17) is 4.74 Å². The molecular formula is C15H14BrN3O2S. The van der Waals surface area contributed by atoms with Crippen LogP contribution in [0.25, 0.3) is 11.3 Å². The van der Waals surface area contributed by atoms with E-state index in [1.54, 1.807) is 12.1 Å². The molecule has 22 heavy (non-hydrogen) atoms. The number of nitrogens with zero attached hydrogens (tertiary/aromatic N) is 2. The van der Waals surface area contributed by atoms with Crippen molar-refractivity contribution in [1.29, 1.82) is 5.26 Å². The van der Waals surface area contributed by atoms with Crippen LogP contribution in [0.15, 0.2) is 32.6 Å². The van der Waals surface area contributed by atoms with Crippen molar-refractivity contribution in [2.75, 3.05) is 6.26 Å². The molecule has 5 nitrogen and oxygen atoms in total. The largest absolute Gasteiger partial charge is 0.490 e. The number of hydrogen-bond donors (Lipinski definition) is 1. The highest BCUT2D eigenvalue weighted by molar-refractivity contribution is 9.10. The number of nitriles is 1. The minimum atomic E-state index is -0.439. The topological polar surface area (TPSA) is 78.8 Å². The summed E-state index contributed by atoms with van der Waals surface area (Å²) in [5, 5.41) is 9.70. The zero-order valence-electron chi connectivity index (χ0n) is 12.3. The molecule has 2 rings (SSSR count). The molecule has 0 aliphatic heterocycles. The second-order valence-corrected chi connectivity index (χ2v) is 6.37. The maximum Gasteiger partial charge on any atom is 0.270 e. The molecule has 0 fully saturated rings. The minimum absolute atomic E-state index is 0.00406. The molecule has 0 amide bonds. The zero-order valence-corrected chi connectivity index (χ0v) is 14.7. The standard InChI is InChI=1S/C15H14BrN3O2S/c1-8(2)21-12-6-9(4-5-11(12)16)13-10(7-17)14(20)19-15(18-13)22-3/h4-6,8H,1-3H3,(H,18,19,20). The summed E-state index contributed by atoms with van der Waals surface area (Å²) in [6, 6.07) is 7.31. The van der Waals surface area contributed by atoms with Crippen LogP contribution >= 0.6 is 27.7 Å². The summed E-state index contributed by atoms with van der Waals surface area (Å²) < 4.78 is 6.52. The Morgan fingerprint density at radius 1 is 1.45 bits per heavy atom. The average Bonchev–Trinajstić information content (AvgIpc) is 2.48. The first kappa shape index (κ1) is 16.6. The molecule has 114 valence electrons. The summed E-state index contributed by atoms with van der Waals surface area (Å²) in [4.78, 5) is 18.9. The van der Waals surface area contributed by atoms with Crippen LogP contribution in [-0.4, -0.2) is 22.3 Å². The third kappa shape index (κ3) is 3.51. The molecule has 0 saturated carbocycles. The summed E-state index contributed by atoms with van der Waals surface area (Å²) in [6.45, 7) is 3.86. The van der Waals surface area contributed by atoms with Gasteiger partial charge in [0.15, 0.2) is 5.16 Å². The Labute approximate surface area is 140 Å². The van der Waals surface area contributed by atoms with Crippen LogP contribution in [0, 0.1) is 11.3 Å². The smallest absolute Gasteiger partial charge is 0.270 e. The molecular weight excluding hydrogens is 366 g/mol. The van der Waals surface area contributed by atoms with Crippen LogP contribution in [0.3, 0.4) is 0 Å². The summed E-state index contributed by atoms with van der Waals surface area (Å²) >= 11 is 4.74. The van der Waals surface area contributed by atoms with Crippen LogP contribution in [0.5, 0.6) is 5.75 Å². The number of H-pyrrole nitrogens is 1. The van der Waals surface area contributed by atoms with E-state index in [0.29, 0.717) is 22.2 Å². The van der Waals surface area contributed by atoms with Gasteiger partial charge in [-0.25, -0.2) is 4.98 Å². The quantitative estimate of drug-likeness (QED) is 0.648. The fourth-order valence-corrected chi connectivity index (χ4v) is 2.57. The third-order valence-electron chi connectivity index (χ3n) is 2.77. The lowest BCUT2D eigenvalue weighted by Gasteiger charge is -2.13. The van der Waals surface area contributed by atoms with E-state index in [9.17, 15) is 10.1 Å².